The summed E-state index contributed by atoms with van der Waals surface area (Å²) in [6.07, 6.45) is 6.52. The SMILES string of the molecule is C#CCNCCNC1(C)CCOC1C. The molecule has 2 N–H and O–H groups in total. The Morgan fingerprint density at radius 3 is 2.93 bits per heavy atom. The molecule has 1 rings (SSSR count). The van der Waals surface area contributed by atoms with E-state index in [0.717, 1.165) is 26.1 Å². The van der Waals surface area contributed by atoms with Gasteiger partial charge >= 0.3 is 0 Å². The second kappa shape index (κ2) is 5.35. The molecular formula is C11H20N2O. The Morgan fingerprint density at radius 2 is 2.36 bits per heavy atom. The molecule has 14 heavy (non-hydrogen) atoms. The standard InChI is InChI=1S/C11H20N2O/c1-4-6-12-7-8-13-11(3)5-9-14-10(11)2/h1,10,12-13H,5-9H2,2-3H3. The minimum absolute atomic E-state index is 0.137. The summed E-state index contributed by atoms with van der Waals surface area (Å²) in [5.41, 5.74) is 0.137. The van der Waals surface area contributed by atoms with Gasteiger partial charge in [-0.2, -0.15) is 0 Å². The van der Waals surface area contributed by atoms with Crippen molar-refractivity contribution in [1.82, 2.24) is 10.6 Å². The van der Waals surface area contributed by atoms with Crippen LogP contribution in [0, 0.1) is 12.3 Å². The van der Waals surface area contributed by atoms with E-state index in [1.807, 2.05) is 0 Å². The van der Waals surface area contributed by atoms with Crippen molar-refractivity contribution < 1.29 is 4.74 Å². The topological polar surface area (TPSA) is 33.3 Å². The maximum absolute atomic E-state index is 5.53. The maximum Gasteiger partial charge on any atom is 0.0726 e. The van der Waals surface area contributed by atoms with Gasteiger partial charge in [0.1, 0.15) is 0 Å². The van der Waals surface area contributed by atoms with Crippen LogP contribution in [-0.4, -0.2) is 37.9 Å². The Hall–Kier alpha value is -0.560. The second-order valence-electron chi connectivity index (χ2n) is 3.99. The minimum Gasteiger partial charge on any atom is -0.377 e. The van der Waals surface area contributed by atoms with Crippen LogP contribution in [0.15, 0.2) is 0 Å². The summed E-state index contributed by atoms with van der Waals surface area (Å²) in [5.74, 6) is 2.55. The zero-order valence-corrected chi connectivity index (χ0v) is 9.10. The molecule has 0 aromatic carbocycles. The molecule has 2 atom stereocenters. The van der Waals surface area contributed by atoms with Gasteiger partial charge in [-0.1, -0.05) is 5.92 Å². The van der Waals surface area contributed by atoms with Crippen molar-refractivity contribution in [2.45, 2.75) is 31.9 Å². The first-order valence-corrected chi connectivity index (χ1v) is 5.20. The van der Waals surface area contributed by atoms with Crippen molar-refractivity contribution >= 4 is 0 Å². The van der Waals surface area contributed by atoms with Crippen LogP contribution >= 0.6 is 0 Å². The fourth-order valence-electron chi connectivity index (χ4n) is 1.66. The van der Waals surface area contributed by atoms with Gasteiger partial charge < -0.3 is 15.4 Å². The van der Waals surface area contributed by atoms with Crippen LogP contribution in [0.3, 0.4) is 0 Å². The normalized spacial score (nSPS) is 31.6. The average Bonchev–Trinajstić information content (AvgIpc) is 2.47. The molecule has 0 aliphatic carbocycles. The van der Waals surface area contributed by atoms with E-state index in [1.54, 1.807) is 0 Å². The quantitative estimate of drug-likeness (QED) is 0.492. The fraction of sp³-hybridized carbons (Fsp3) is 0.818. The lowest BCUT2D eigenvalue weighted by Crippen LogP contribution is -2.49. The smallest absolute Gasteiger partial charge is 0.0726 e. The second-order valence-corrected chi connectivity index (χ2v) is 3.99. The van der Waals surface area contributed by atoms with Crippen LogP contribution in [-0.2, 0) is 4.74 Å². The van der Waals surface area contributed by atoms with Gasteiger partial charge in [0.15, 0.2) is 0 Å². The zero-order chi connectivity index (χ0) is 10.4. The number of terminal acetylenes is 1. The van der Waals surface area contributed by atoms with E-state index < -0.39 is 0 Å². The molecule has 1 aliphatic rings. The van der Waals surface area contributed by atoms with Crippen LogP contribution in [0.5, 0.6) is 0 Å². The fourth-order valence-corrected chi connectivity index (χ4v) is 1.66. The molecule has 2 unspecified atom stereocenters. The van der Waals surface area contributed by atoms with E-state index in [1.165, 1.54) is 0 Å². The van der Waals surface area contributed by atoms with Gasteiger partial charge in [0.2, 0.25) is 0 Å². The van der Waals surface area contributed by atoms with E-state index >= 15 is 0 Å². The van der Waals surface area contributed by atoms with Crippen LogP contribution in [0.25, 0.3) is 0 Å². The molecule has 1 aliphatic heterocycles. The number of hydrogen-bond acceptors (Lipinski definition) is 3. The summed E-state index contributed by atoms with van der Waals surface area (Å²) < 4.78 is 5.53. The van der Waals surface area contributed by atoms with Gasteiger partial charge in [0.25, 0.3) is 0 Å². The van der Waals surface area contributed by atoms with E-state index in [0.29, 0.717) is 12.6 Å². The molecule has 1 saturated heterocycles. The van der Waals surface area contributed by atoms with E-state index in [4.69, 9.17) is 11.2 Å². The molecule has 0 bridgehead atoms. The van der Waals surface area contributed by atoms with Crippen molar-refractivity contribution in [2.24, 2.45) is 0 Å². The monoisotopic (exact) mass is 196 g/mol. The Bertz CT molecular complexity index is 212. The highest BCUT2D eigenvalue weighted by Crippen LogP contribution is 2.24. The summed E-state index contributed by atoms with van der Waals surface area (Å²) in [5, 5.41) is 6.66. The molecule has 0 amide bonds. The van der Waals surface area contributed by atoms with Gasteiger partial charge in [-0.25, -0.2) is 0 Å². The van der Waals surface area contributed by atoms with Gasteiger partial charge in [-0.3, -0.25) is 0 Å². The zero-order valence-electron chi connectivity index (χ0n) is 9.10. The minimum atomic E-state index is 0.137. The highest BCUT2D eigenvalue weighted by atomic mass is 16.5. The third kappa shape index (κ3) is 2.98. The van der Waals surface area contributed by atoms with Gasteiger partial charge in [-0.05, 0) is 20.3 Å². The number of hydrogen-bond donors (Lipinski definition) is 2. The molecule has 0 aromatic rings. The Labute approximate surface area is 86.6 Å². The summed E-state index contributed by atoms with van der Waals surface area (Å²) in [4.78, 5) is 0. The Morgan fingerprint density at radius 1 is 1.57 bits per heavy atom. The largest absolute Gasteiger partial charge is 0.377 e. The number of rotatable bonds is 5. The first kappa shape index (κ1) is 11.5. The molecule has 1 heterocycles. The van der Waals surface area contributed by atoms with Gasteiger partial charge in [-0.15, -0.1) is 6.42 Å². The van der Waals surface area contributed by atoms with Crippen molar-refractivity contribution in [1.29, 1.82) is 0 Å². The number of nitrogens with one attached hydrogen (secondary N) is 2. The van der Waals surface area contributed by atoms with Crippen LogP contribution in [0.2, 0.25) is 0 Å². The highest BCUT2D eigenvalue weighted by molar-refractivity contribution is 4.93. The van der Waals surface area contributed by atoms with Crippen molar-refractivity contribution in [2.75, 3.05) is 26.2 Å². The van der Waals surface area contributed by atoms with Crippen molar-refractivity contribution in [3.63, 3.8) is 0 Å². The number of ether oxygens (including phenoxy) is 1. The lowest BCUT2D eigenvalue weighted by Gasteiger charge is -2.29. The van der Waals surface area contributed by atoms with Gasteiger partial charge in [0.05, 0.1) is 12.6 Å². The molecule has 1 fully saturated rings. The average molecular weight is 196 g/mol. The van der Waals surface area contributed by atoms with E-state index in [9.17, 15) is 0 Å². The summed E-state index contributed by atoms with van der Waals surface area (Å²) in [6, 6.07) is 0. The lowest BCUT2D eigenvalue weighted by atomic mass is 9.95. The molecule has 3 heteroatoms. The maximum atomic E-state index is 5.53. The van der Waals surface area contributed by atoms with Crippen LogP contribution in [0.4, 0.5) is 0 Å². The predicted molar refractivity (Wildman–Crippen MR) is 58.1 cm³/mol. The Kier molecular flexibility index (Phi) is 4.40. The lowest BCUT2D eigenvalue weighted by molar-refractivity contribution is 0.0890. The molecular weight excluding hydrogens is 176 g/mol. The molecule has 0 spiro atoms. The molecule has 0 radical (unpaired) electrons. The van der Waals surface area contributed by atoms with Gasteiger partial charge in [0, 0.05) is 25.2 Å². The first-order chi connectivity index (χ1) is 6.69. The third-order valence-electron chi connectivity index (χ3n) is 2.94. The van der Waals surface area contributed by atoms with Crippen LogP contribution in [0.1, 0.15) is 20.3 Å². The summed E-state index contributed by atoms with van der Waals surface area (Å²) in [6.45, 7) is 7.69. The molecule has 3 nitrogen and oxygen atoms in total. The molecule has 0 aromatic heterocycles. The Balaban J connectivity index is 2.14. The van der Waals surface area contributed by atoms with Crippen molar-refractivity contribution in [3.8, 4) is 12.3 Å². The molecule has 80 valence electrons. The van der Waals surface area contributed by atoms with E-state index in [-0.39, 0.29) is 5.54 Å². The van der Waals surface area contributed by atoms with Crippen LogP contribution < -0.4 is 10.6 Å². The predicted octanol–water partition coefficient (Wildman–Crippen LogP) is 0.366. The third-order valence-corrected chi connectivity index (χ3v) is 2.94. The molecule has 0 saturated carbocycles. The summed E-state index contributed by atoms with van der Waals surface area (Å²) in [7, 11) is 0. The summed E-state index contributed by atoms with van der Waals surface area (Å²) >= 11 is 0. The van der Waals surface area contributed by atoms with E-state index in [2.05, 4.69) is 30.4 Å². The van der Waals surface area contributed by atoms with Crippen molar-refractivity contribution in [3.05, 3.63) is 0 Å². The highest BCUT2D eigenvalue weighted by Gasteiger charge is 2.35. The first-order valence-electron chi connectivity index (χ1n) is 5.20.